The molecule has 0 saturated heterocycles. The standard InChI is InChI=1S/C27H27FN4O3/c28-22-3-1-2-4-23(22)30-27(35)24-16-32-17-31(14-13-25(32)29-24)21-11-9-20(10-12-21)19-7-5-18(6-8-19)15-26(33)34/h1-4,9-14,16,18-19H,5-8,15,17H2,(H,30,35)(H,33,34)/q+1. The normalized spacial score (nSPS) is 21.8. The minimum atomic E-state index is -0.703. The van der Waals surface area contributed by atoms with Crippen molar-refractivity contribution in [2.45, 2.75) is 38.0 Å². The Balaban J connectivity index is 1.20. The zero-order chi connectivity index (χ0) is 24.4. The van der Waals surface area contributed by atoms with Crippen LogP contribution < -0.4 is 15.1 Å². The number of nitrogens with zero attached hydrogens (tertiary/aromatic N) is 3. The molecule has 0 aromatic heterocycles. The lowest BCUT2D eigenvalue weighted by molar-refractivity contribution is -0.138. The van der Waals surface area contributed by atoms with Crippen LogP contribution in [0.5, 0.6) is 0 Å². The van der Waals surface area contributed by atoms with E-state index in [0.717, 1.165) is 31.4 Å². The number of hydrogen-bond acceptors (Lipinski definition) is 5. The number of aliphatic imine (C=N–C) groups is 1. The van der Waals surface area contributed by atoms with Gasteiger partial charge >= 0.3 is 5.97 Å². The molecule has 179 valence electrons. The SMILES string of the molecule is O=C(O)CC1CCC(c2ccc(N3C=CC4=NC(C(=O)Nc5ccccc5F)=C[N+]4C3)cc2)CC1. The molecule has 0 atom stereocenters. The molecule has 0 bridgehead atoms. The van der Waals surface area contributed by atoms with Crippen LogP contribution >= 0.6 is 0 Å². The molecule has 1 radical (unpaired) electrons. The van der Waals surface area contributed by atoms with Crippen LogP contribution in [0.2, 0.25) is 0 Å². The van der Waals surface area contributed by atoms with Gasteiger partial charge in [-0.05, 0) is 67.3 Å². The zero-order valence-electron chi connectivity index (χ0n) is 19.2. The first-order chi connectivity index (χ1) is 17.0. The summed E-state index contributed by atoms with van der Waals surface area (Å²) in [6.45, 7) is 0.505. The summed E-state index contributed by atoms with van der Waals surface area (Å²) < 4.78 is 13.9. The fraction of sp³-hybridized carbons (Fsp3) is 0.296. The molecule has 1 saturated carbocycles. The quantitative estimate of drug-likeness (QED) is 0.583. The smallest absolute Gasteiger partial charge is 0.303 e. The predicted molar refractivity (Wildman–Crippen MR) is 133 cm³/mol. The summed E-state index contributed by atoms with van der Waals surface area (Å²) in [7, 11) is 0. The maximum atomic E-state index is 13.9. The average Bonchev–Trinajstić information content (AvgIpc) is 3.29. The third-order valence-corrected chi connectivity index (χ3v) is 6.88. The first kappa shape index (κ1) is 23.0. The summed E-state index contributed by atoms with van der Waals surface area (Å²) >= 11 is 0. The molecule has 2 aliphatic heterocycles. The van der Waals surface area contributed by atoms with Gasteiger partial charge in [0, 0.05) is 24.4 Å². The van der Waals surface area contributed by atoms with Crippen molar-refractivity contribution >= 4 is 29.1 Å². The van der Waals surface area contributed by atoms with E-state index in [1.54, 1.807) is 18.3 Å². The number of carbonyl (C=O) groups is 2. The highest BCUT2D eigenvalue weighted by molar-refractivity contribution is 6.10. The first-order valence-corrected chi connectivity index (χ1v) is 11.9. The number of anilines is 2. The van der Waals surface area contributed by atoms with Crippen LogP contribution in [0.4, 0.5) is 15.8 Å². The van der Waals surface area contributed by atoms with E-state index in [1.165, 1.54) is 17.7 Å². The molecule has 2 N–H and O–H groups in total. The summed E-state index contributed by atoms with van der Waals surface area (Å²) in [5.41, 5.74) is 2.67. The molecule has 2 aromatic rings. The number of amidine groups is 1. The van der Waals surface area contributed by atoms with Gasteiger partial charge in [-0.25, -0.2) is 4.39 Å². The molecule has 2 heterocycles. The van der Waals surface area contributed by atoms with E-state index in [1.807, 2.05) is 17.2 Å². The zero-order valence-corrected chi connectivity index (χ0v) is 19.2. The molecule has 1 amide bonds. The van der Waals surface area contributed by atoms with Gasteiger partial charge in [0.15, 0.2) is 11.9 Å². The van der Waals surface area contributed by atoms with Gasteiger partial charge in [-0.15, -0.1) is 0 Å². The maximum absolute atomic E-state index is 13.9. The lowest BCUT2D eigenvalue weighted by Gasteiger charge is -2.28. The van der Waals surface area contributed by atoms with Crippen LogP contribution in [-0.4, -0.2) is 29.5 Å². The van der Waals surface area contributed by atoms with Crippen LogP contribution in [0, 0.1) is 11.7 Å². The largest absolute Gasteiger partial charge is 0.481 e. The van der Waals surface area contributed by atoms with E-state index >= 15 is 0 Å². The van der Waals surface area contributed by atoms with Crippen LogP contribution in [-0.2, 0) is 9.59 Å². The second-order valence-corrected chi connectivity index (χ2v) is 9.22. The van der Waals surface area contributed by atoms with Crippen LogP contribution in [0.15, 0.2) is 77.7 Å². The van der Waals surface area contributed by atoms with Gasteiger partial charge in [0.05, 0.1) is 5.69 Å². The highest BCUT2D eigenvalue weighted by atomic mass is 19.1. The van der Waals surface area contributed by atoms with Crippen LogP contribution in [0.25, 0.3) is 0 Å². The predicted octanol–water partition coefficient (Wildman–Crippen LogP) is 4.90. The number of aliphatic carboxylic acids is 1. The fourth-order valence-electron chi connectivity index (χ4n) is 4.96. The number of rotatable bonds is 6. The molecule has 5 rings (SSSR count). The molecule has 7 nitrogen and oxygen atoms in total. The van der Waals surface area contributed by atoms with Crippen LogP contribution in [0.3, 0.4) is 0 Å². The number of nitrogens with one attached hydrogen (secondary N) is 1. The number of carbonyl (C=O) groups excluding carboxylic acids is 1. The van der Waals surface area contributed by atoms with Gasteiger partial charge < -0.3 is 10.4 Å². The topological polar surface area (TPSA) is 87.9 Å². The number of carboxylic acid groups (broad SMARTS) is 1. The van der Waals surface area contributed by atoms with E-state index in [4.69, 9.17) is 5.11 Å². The molecule has 35 heavy (non-hydrogen) atoms. The summed E-state index contributed by atoms with van der Waals surface area (Å²) in [4.78, 5) is 31.9. The molecule has 2 aromatic carbocycles. The molecule has 3 aliphatic rings. The minimum Gasteiger partial charge on any atom is -0.481 e. The second-order valence-electron chi connectivity index (χ2n) is 9.22. The second kappa shape index (κ2) is 9.84. The van der Waals surface area contributed by atoms with E-state index in [0.29, 0.717) is 24.3 Å². The van der Waals surface area contributed by atoms with Gasteiger partial charge in [-0.3, -0.25) is 14.5 Å². The Labute approximate surface area is 203 Å². The lowest BCUT2D eigenvalue weighted by Crippen LogP contribution is -2.41. The van der Waals surface area contributed by atoms with Gasteiger partial charge in [0.25, 0.3) is 11.7 Å². The number of fused-ring (bicyclic) bond motifs is 1. The monoisotopic (exact) mass is 474 g/mol. The average molecular weight is 475 g/mol. The number of para-hydroxylation sites is 1. The third-order valence-electron chi connectivity index (χ3n) is 6.88. The Bertz CT molecular complexity index is 1210. The van der Waals surface area contributed by atoms with Crippen molar-refractivity contribution in [1.82, 2.24) is 4.90 Å². The van der Waals surface area contributed by atoms with Gasteiger partial charge in [0.1, 0.15) is 5.82 Å². The molecular weight excluding hydrogens is 447 g/mol. The number of hydrogen-bond donors (Lipinski definition) is 2. The molecule has 1 fully saturated rings. The fourth-order valence-corrected chi connectivity index (χ4v) is 4.96. The molecular formula is C27H27FN4O3+. The Hall–Kier alpha value is -3.78. The molecule has 8 heteroatoms. The molecule has 0 unspecified atom stereocenters. The van der Waals surface area contributed by atoms with Crippen molar-refractivity contribution < 1.29 is 19.1 Å². The lowest BCUT2D eigenvalue weighted by atomic mass is 9.77. The Morgan fingerprint density at radius 1 is 1.09 bits per heavy atom. The summed E-state index contributed by atoms with van der Waals surface area (Å²) in [6, 6.07) is 14.5. The van der Waals surface area contributed by atoms with E-state index in [2.05, 4.69) is 39.5 Å². The number of carboxylic acids is 1. The highest BCUT2D eigenvalue weighted by Crippen LogP contribution is 2.37. The molecule has 0 spiro atoms. The first-order valence-electron chi connectivity index (χ1n) is 11.9. The summed E-state index contributed by atoms with van der Waals surface area (Å²) in [5, 5.41) is 11.6. The van der Waals surface area contributed by atoms with Crippen molar-refractivity contribution in [3.05, 3.63) is 84.1 Å². The van der Waals surface area contributed by atoms with Crippen molar-refractivity contribution in [3.8, 4) is 0 Å². The Morgan fingerprint density at radius 2 is 1.83 bits per heavy atom. The number of amides is 1. The summed E-state index contributed by atoms with van der Waals surface area (Å²) in [5.74, 6) is -0.223. The van der Waals surface area contributed by atoms with E-state index in [-0.39, 0.29) is 17.8 Å². The van der Waals surface area contributed by atoms with Gasteiger partial charge in [0.2, 0.25) is 6.67 Å². The highest BCUT2D eigenvalue weighted by Gasteiger charge is 2.35. The minimum absolute atomic E-state index is 0.121. The summed E-state index contributed by atoms with van der Waals surface area (Å²) in [6.07, 6.45) is 9.71. The van der Waals surface area contributed by atoms with E-state index in [9.17, 15) is 14.0 Å². The molecule has 1 aliphatic carbocycles. The number of benzene rings is 2. The number of halogens is 1. The van der Waals surface area contributed by atoms with Crippen molar-refractivity contribution in [2.75, 3.05) is 16.9 Å². The maximum Gasteiger partial charge on any atom is 0.303 e. The van der Waals surface area contributed by atoms with Crippen molar-refractivity contribution in [2.24, 2.45) is 10.9 Å². The Morgan fingerprint density at radius 3 is 2.54 bits per heavy atom. The Kier molecular flexibility index (Phi) is 6.46. The van der Waals surface area contributed by atoms with Gasteiger partial charge in [-0.1, -0.05) is 29.2 Å². The van der Waals surface area contributed by atoms with Crippen molar-refractivity contribution in [3.63, 3.8) is 0 Å². The van der Waals surface area contributed by atoms with Gasteiger partial charge in [-0.2, -0.15) is 4.99 Å². The van der Waals surface area contributed by atoms with Crippen LogP contribution in [0.1, 0.15) is 43.6 Å². The third kappa shape index (κ3) is 5.17. The van der Waals surface area contributed by atoms with E-state index < -0.39 is 17.7 Å². The van der Waals surface area contributed by atoms with Crippen molar-refractivity contribution in [1.29, 1.82) is 0 Å².